The minimum absolute atomic E-state index is 0.00178. The van der Waals surface area contributed by atoms with Crippen molar-refractivity contribution in [2.45, 2.75) is 25.5 Å². The zero-order chi connectivity index (χ0) is 14.3. The third-order valence-corrected chi connectivity index (χ3v) is 2.59. The van der Waals surface area contributed by atoms with E-state index >= 15 is 0 Å². The van der Waals surface area contributed by atoms with E-state index in [9.17, 15) is 9.59 Å². The fraction of sp³-hybridized carbons (Fsp3) is 0.286. The molecule has 0 amide bonds. The van der Waals surface area contributed by atoms with E-state index in [1.165, 1.54) is 0 Å². The number of carbonyl (C=O) groups excluding carboxylic acids is 1. The summed E-state index contributed by atoms with van der Waals surface area (Å²) in [4.78, 5) is 21.8. The number of carbonyl (C=O) groups is 2. The molecule has 1 aromatic rings. The summed E-state index contributed by atoms with van der Waals surface area (Å²) in [5, 5.41) is 8.57. The summed E-state index contributed by atoms with van der Waals surface area (Å²) < 4.78 is 5.02. The van der Waals surface area contributed by atoms with Gasteiger partial charge in [-0.2, -0.15) is 0 Å². The smallest absolute Gasteiger partial charge is 0.320 e. The molecule has 3 N–H and O–H groups in total. The number of benzene rings is 1. The number of esters is 1. The average molecular weight is 263 g/mol. The topological polar surface area (TPSA) is 89.6 Å². The SMILES string of the molecule is C=Cc1ccc(COC(=O)CC[C@H](N)C(=O)O)cc1. The monoisotopic (exact) mass is 263 g/mol. The average Bonchev–Trinajstić information content (AvgIpc) is 2.42. The number of carboxylic acids is 1. The molecular weight excluding hydrogens is 246 g/mol. The Kier molecular flexibility index (Phi) is 5.75. The molecule has 0 saturated heterocycles. The van der Waals surface area contributed by atoms with Crippen LogP contribution in [0.4, 0.5) is 0 Å². The van der Waals surface area contributed by atoms with Crippen molar-refractivity contribution in [3.8, 4) is 0 Å². The molecule has 1 rings (SSSR count). The second kappa shape index (κ2) is 7.33. The summed E-state index contributed by atoms with van der Waals surface area (Å²) >= 11 is 0. The molecule has 5 nitrogen and oxygen atoms in total. The highest BCUT2D eigenvalue weighted by Gasteiger charge is 2.14. The van der Waals surface area contributed by atoms with Crippen molar-refractivity contribution in [3.05, 3.63) is 42.0 Å². The molecule has 0 aliphatic rings. The van der Waals surface area contributed by atoms with Gasteiger partial charge in [-0.15, -0.1) is 0 Å². The van der Waals surface area contributed by atoms with Gasteiger partial charge in [0.05, 0.1) is 0 Å². The highest BCUT2D eigenvalue weighted by molar-refractivity contribution is 5.75. The maximum absolute atomic E-state index is 11.4. The third kappa shape index (κ3) is 5.35. The van der Waals surface area contributed by atoms with Crippen molar-refractivity contribution in [2.24, 2.45) is 5.73 Å². The Balaban J connectivity index is 2.33. The lowest BCUT2D eigenvalue weighted by Crippen LogP contribution is -2.30. The number of nitrogens with two attached hydrogens (primary N) is 1. The zero-order valence-electron chi connectivity index (χ0n) is 10.5. The summed E-state index contributed by atoms with van der Waals surface area (Å²) in [7, 11) is 0. The van der Waals surface area contributed by atoms with Gasteiger partial charge in [-0.25, -0.2) is 0 Å². The summed E-state index contributed by atoms with van der Waals surface area (Å²) in [5.74, 6) is -1.57. The minimum atomic E-state index is -1.12. The fourth-order valence-corrected chi connectivity index (χ4v) is 1.38. The molecule has 0 radical (unpaired) electrons. The summed E-state index contributed by atoms with van der Waals surface area (Å²) in [5.41, 5.74) is 7.14. The van der Waals surface area contributed by atoms with Crippen molar-refractivity contribution in [1.29, 1.82) is 0 Å². The van der Waals surface area contributed by atoms with Crippen LogP contribution < -0.4 is 5.73 Å². The molecule has 102 valence electrons. The van der Waals surface area contributed by atoms with Crippen LogP contribution in [0.15, 0.2) is 30.8 Å². The van der Waals surface area contributed by atoms with Gasteiger partial charge in [-0.1, -0.05) is 36.9 Å². The Bertz CT molecular complexity index is 453. The molecule has 0 spiro atoms. The third-order valence-electron chi connectivity index (χ3n) is 2.59. The van der Waals surface area contributed by atoms with E-state index in [1.807, 2.05) is 24.3 Å². The molecule has 0 unspecified atom stereocenters. The maximum atomic E-state index is 11.4. The molecular formula is C14H17NO4. The fourth-order valence-electron chi connectivity index (χ4n) is 1.38. The maximum Gasteiger partial charge on any atom is 0.320 e. The lowest BCUT2D eigenvalue weighted by molar-refractivity contribution is -0.145. The van der Waals surface area contributed by atoms with E-state index in [0.717, 1.165) is 11.1 Å². The van der Waals surface area contributed by atoms with Crippen molar-refractivity contribution >= 4 is 18.0 Å². The molecule has 0 heterocycles. The van der Waals surface area contributed by atoms with Gasteiger partial charge in [0.1, 0.15) is 12.6 Å². The van der Waals surface area contributed by atoms with Gasteiger partial charge in [-0.05, 0) is 17.5 Å². The second-order valence-electron chi connectivity index (χ2n) is 4.09. The van der Waals surface area contributed by atoms with E-state index in [0.29, 0.717) is 0 Å². The van der Waals surface area contributed by atoms with Crippen LogP contribution in [0.25, 0.3) is 6.08 Å². The van der Waals surface area contributed by atoms with Crippen LogP contribution in [0.1, 0.15) is 24.0 Å². The highest BCUT2D eigenvalue weighted by atomic mass is 16.5. The van der Waals surface area contributed by atoms with Crippen LogP contribution in [0.3, 0.4) is 0 Å². The molecule has 0 fully saturated rings. The minimum Gasteiger partial charge on any atom is -0.480 e. The van der Waals surface area contributed by atoms with Gasteiger partial charge in [0.15, 0.2) is 0 Å². The standard InChI is InChI=1S/C14H17NO4/c1-2-10-3-5-11(6-4-10)9-19-13(16)8-7-12(15)14(17)18/h2-6,12H,1,7-9,15H2,(H,17,18)/t12-/m0/s1. The first-order chi connectivity index (χ1) is 9.02. The largest absolute Gasteiger partial charge is 0.480 e. The highest BCUT2D eigenvalue weighted by Crippen LogP contribution is 2.07. The van der Waals surface area contributed by atoms with E-state index in [4.69, 9.17) is 15.6 Å². The molecule has 0 aliphatic carbocycles. The number of rotatable bonds is 7. The van der Waals surface area contributed by atoms with Crippen LogP contribution in [0, 0.1) is 0 Å². The van der Waals surface area contributed by atoms with Gasteiger partial charge < -0.3 is 15.6 Å². The van der Waals surface area contributed by atoms with Crippen molar-refractivity contribution in [3.63, 3.8) is 0 Å². The van der Waals surface area contributed by atoms with Crippen LogP contribution in [-0.2, 0) is 20.9 Å². The lowest BCUT2D eigenvalue weighted by atomic mass is 10.1. The van der Waals surface area contributed by atoms with Gasteiger partial charge in [0.25, 0.3) is 0 Å². The Morgan fingerprint density at radius 3 is 2.53 bits per heavy atom. The van der Waals surface area contributed by atoms with Crippen LogP contribution in [0.5, 0.6) is 0 Å². The first-order valence-corrected chi connectivity index (χ1v) is 5.88. The van der Waals surface area contributed by atoms with E-state index in [-0.39, 0.29) is 19.4 Å². The summed E-state index contributed by atoms with van der Waals surface area (Å²) in [6, 6.07) is 6.40. The van der Waals surface area contributed by atoms with Crippen LogP contribution in [-0.4, -0.2) is 23.1 Å². The number of ether oxygens (including phenoxy) is 1. The Morgan fingerprint density at radius 2 is 2.00 bits per heavy atom. The summed E-state index contributed by atoms with van der Waals surface area (Å²) in [6.07, 6.45) is 1.80. The van der Waals surface area contributed by atoms with Gasteiger partial charge in [0, 0.05) is 6.42 Å². The molecule has 5 heteroatoms. The Labute approximate surface area is 111 Å². The molecule has 1 atom stereocenters. The van der Waals surface area contributed by atoms with Crippen molar-refractivity contribution in [1.82, 2.24) is 0 Å². The lowest BCUT2D eigenvalue weighted by Gasteiger charge is -2.07. The molecule has 19 heavy (non-hydrogen) atoms. The van der Waals surface area contributed by atoms with Gasteiger partial charge in [-0.3, -0.25) is 9.59 Å². The Morgan fingerprint density at radius 1 is 1.37 bits per heavy atom. The predicted octanol–water partition coefficient (Wildman–Crippen LogP) is 1.56. The number of hydrogen-bond donors (Lipinski definition) is 2. The van der Waals surface area contributed by atoms with E-state index in [1.54, 1.807) is 6.08 Å². The number of carboxylic acid groups (broad SMARTS) is 1. The normalized spacial score (nSPS) is 11.6. The molecule has 0 aliphatic heterocycles. The zero-order valence-corrected chi connectivity index (χ0v) is 10.5. The van der Waals surface area contributed by atoms with Crippen molar-refractivity contribution < 1.29 is 19.4 Å². The van der Waals surface area contributed by atoms with Crippen molar-refractivity contribution in [2.75, 3.05) is 0 Å². The van der Waals surface area contributed by atoms with Gasteiger partial charge in [0.2, 0.25) is 0 Å². The predicted molar refractivity (Wildman–Crippen MR) is 71.2 cm³/mol. The first kappa shape index (κ1) is 14.9. The number of hydrogen-bond acceptors (Lipinski definition) is 4. The van der Waals surface area contributed by atoms with Crippen LogP contribution in [0.2, 0.25) is 0 Å². The first-order valence-electron chi connectivity index (χ1n) is 5.88. The van der Waals surface area contributed by atoms with E-state index in [2.05, 4.69) is 6.58 Å². The van der Waals surface area contributed by atoms with Crippen LogP contribution >= 0.6 is 0 Å². The molecule has 0 saturated carbocycles. The quantitative estimate of drug-likeness (QED) is 0.729. The Hall–Kier alpha value is -2.14. The number of aliphatic carboxylic acids is 1. The van der Waals surface area contributed by atoms with Gasteiger partial charge >= 0.3 is 11.9 Å². The van der Waals surface area contributed by atoms with E-state index < -0.39 is 18.0 Å². The second-order valence-corrected chi connectivity index (χ2v) is 4.09. The molecule has 0 bridgehead atoms. The molecule has 0 aromatic heterocycles. The summed E-state index contributed by atoms with van der Waals surface area (Å²) in [6.45, 7) is 3.81. The molecule has 1 aromatic carbocycles.